The molecule has 27 heavy (non-hydrogen) atoms. The molecule has 2 atom stereocenters. The number of carbonyl (C=O) groups is 1. The first-order valence-corrected chi connectivity index (χ1v) is 10.2. The highest BCUT2D eigenvalue weighted by Gasteiger charge is 2.45. The lowest BCUT2D eigenvalue weighted by Crippen LogP contribution is -2.36. The van der Waals surface area contributed by atoms with E-state index in [9.17, 15) is 4.79 Å². The zero-order valence-corrected chi connectivity index (χ0v) is 16.7. The summed E-state index contributed by atoms with van der Waals surface area (Å²) >= 11 is 3.47. The summed E-state index contributed by atoms with van der Waals surface area (Å²) < 4.78 is 1.07. The Balaban J connectivity index is 1.36. The van der Waals surface area contributed by atoms with Gasteiger partial charge >= 0.3 is 0 Å². The normalized spacial score (nSPS) is 22.1. The lowest BCUT2D eigenvalue weighted by molar-refractivity contribution is -0.132. The SMILES string of the molecule is N#Cc1ccc(N2CCCN(C(=O)C3CC3c3ccc(Br)cc3)CC2)cc1. The molecule has 1 amide bonds. The van der Waals surface area contributed by atoms with Crippen molar-refractivity contribution in [1.29, 1.82) is 5.26 Å². The molecule has 0 spiro atoms. The van der Waals surface area contributed by atoms with Gasteiger partial charge in [0.05, 0.1) is 11.6 Å². The Bertz CT molecular complexity index is 857. The van der Waals surface area contributed by atoms with Gasteiger partial charge in [-0.1, -0.05) is 28.1 Å². The third-order valence-electron chi connectivity index (χ3n) is 5.57. The van der Waals surface area contributed by atoms with Gasteiger partial charge in [0.2, 0.25) is 5.91 Å². The van der Waals surface area contributed by atoms with Crippen LogP contribution in [0.5, 0.6) is 0 Å². The predicted molar refractivity (Wildman–Crippen MR) is 110 cm³/mol. The minimum atomic E-state index is 0.146. The minimum absolute atomic E-state index is 0.146. The minimum Gasteiger partial charge on any atom is -0.370 e. The predicted octanol–water partition coefficient (Wildman–Crippen LogP) is 4.16. The number of nitriles is 1. The van der Waals surface area contributed by atoms with Crippen molar-refractivity contribution in [2.75, 3.05) is 31.1 Å². The van der Waals surface area contributed by atoms with Crippen LogP contribution in [0.15, 0.2) is 53.0 Å². The molecule has 1 aliphatic heterocycles. The maximum atomic E-state index is 13.0. The van der Waals surface area contributed by atoms with E-state index in [2.05, 4.69) is 51.2 Å². The molecule has 0 radical (unpaired) electrons. The van der Waals surface area contributed by atoms with E-state index in [0.717, 1.165) is 49.2 Å². The molecule has 4 rings (SSSR count). The number of benzene rings is 2. The van der Waals surface area contributed by atoms with Crippen LogP contribution in [0.25, 0.3) is 0 Å². The number of rotatable bonds is 3. The van der Waals surface area contributed by atoms with Crippen LogP contribution in [-0.2, 0) is 4.79 Å². The van der Waals surface area contributed by atoms with Gasteiger partial charge in [0.15, 0.2) is 0 Å². The van der Waals surface area contributed by atoms with Crippen molar-refractivity contribution in [3.63, 3.8) is 0 Å². The van der Waals surface area contributed by atoms with E-state index < -0.39 is 0 Å². The first-order valence-electron chi connectivity index (χ1n) is 9.45. The first kappa shape index (κ1) is 18.1. The van der Waals surface area contributed by atoms with Gasteiger partial charge in [-0.15, -0.1) is 0 Å². The van der Waals surface area contributed by atoms with E-state index in [0.29, 0.717) is 17.4 Å². The summed E-state index contributed by atoms with van der Waals surface area (Å²) in [7, 11) is 0. The monoisotopic (exact) mass is 423 g/mol. The largest absolute Gasteiger partial charge is 0.370 e. The van der Waals surface area contributed by atoms with Gasteiger partial charge in [-0.3, -0.25) is 4.79 Å². The van der Waals surface area contributed by atoms with E-state index in [1.165, 1.54) is 5.56 Å². The Hall–Kier alpha value is -2.32. The second kappa shape index (κ2) is 7.74. The molecule has 1 saturated heterocycles. The van der Waals surface area contributed by atoms with Gasteiger partial charge in [0, 0.05) is 42.3 Å². The molecule has 4 nitrogen and oxygen atoms in total. The molecule has 2 fully saturated rings. The van der Waals surface area contributed by atoms with Crippen LogP contribution in [0.4, 0.5) is 5.69 Å². The smallest absolute Gasteiger partial charge is 0.226 e. The molecule has 1 saturated carbocycles. The molecule has 0 aromatic heterocycles. The molecular weight excluding hydrogens is 402 g/mol. The molecule has 1 aliphatic carbocycles. The molecular formula is C22H22BrN3O. The van der Waals surface area contributed by atoms with Gasteiger partial charge < -0.3 is 9.80 Å². The highest BCUT2D eigenvalue weighted by Crippen LogP contribution is 2.48. The van der Waals surface area contributed by atoms with Crippen molar-refractivity contribution in [2.24, 2.45) is 5.92 Å². The van der Waals surface area contributed by atoms with Crippen LogP contribution in [0.1, 0.15) is 29.9 Å². The molecule has 2 aliphatic rings. The molecule has 1 heterocycles. The Morgan fingerprint density at radius 1 is 1.00 bits per heavy atom. The quantitative estimate of drug-likeness (QED) is 0.744. The summed E-state index contributed by atoms with van der Waals surface area (Å²) in [6.07, 6.45) is 1.94. The van der Waals surface area contributed by atoms with Crippen molar-refractivity contribution in [3.8, 4) is 6.07 Å². The maximum absolute atomic E-state index is 13.0. The number of hydrogen-bond acceptors (Lipinski definition) is 3. The molecule has 138 valence electrons. The summed E-state index contributed by atoms with van der Waals surface area (Å²) in [5.41, 5.74) is 3.08. The zero-order chi connectivity index (χ0) is 18.8. The second-order valence-electron chi connectivity index (χ2n) is 7.32. The topological polar surface area (TPSA) is 47.3 Å². The summed E-state index contributed by atoms with van der Waals surface area (Å²) in [4.78, 5) is 17.3. The van der Waals surface area contributed by atoms with Crippen LogP contribution in [0, 0.1) is 17.2 Å². The van der Waals surface area contributed by atoms with Crippen molar-refractivity contribution < 1.29 is 4.79 Å². The second-order valence-corrected chi connectivity index (χ2v) is 8.24. The lowest BCUT2D eigenvalue weighted by atomic mass is 10.1. The third kappa shape index (κ3) is 4.01. The Morgan fingerprint density at radius 2 is 1.74 bits per heavy atom. The average molecular weight is 424 g/mol. The number of carbonyl (C=O) groups excluding carboxylic acids is 1. The number of hydrogen-bond donors (Lipinski definition) is 0. The van der Waals surface area contributed by atoms with Crippen LogP contribution in [-0.4, -0.2) is 37.0 Å². The fraction of sp³-hybridized carbons (Fsp3) is 0.364. The molecule has 2 unspecified atom stereocenters. The lowest BCUT2D eigenvalue weighted by Gasteiger charge is -2.24. The third-order valence-corrected chi connectivity index (χ3v) is 6.10. The molecule has 0 N–H and O–H groups in total. The van der Waals surface area contributed by atoms with E-state index in [1.807, 2.05) is 29.2 Å². The van der Waals surface area contributed by atoms with Crippen LogP contribution < -0.4 is 4.90 Å². The standard InChI is InChI=1S/C22H22BrN3O/c23-18-6-4-17(5-7-18)20-14-21(20)22(27)26-11-1-10-25(12-13-26)19-8-2-16(15-24)3-9-19/h2-9,20-21H,1,10-14H2. The molecule has 2 aromatic rings. The molecule has 5 heteroatoms. The Labute approximate surface area is 168 Å². The van der Waals surface area contributed by atoms with Gasteiger partial charge in [0.25, 0.3) is 0 Å². The van der Waals surface area contributed by atoms with Crippen LogP contribution in [0.2, 0.25) is 0 Å². The van der Waals surface area contributed by atoms with Gasteiger partial charge in [-0.25, -0.2) is 0 Å². The summed E-state index contributed by atoms with van der Waals surface area (Å²) in [5.74, 6) is 0.834. The molecule has 2 aromatic carbocycles. The average Bonchev–Trinajstić information content (AvgIpc) is 3.52. The van der Waals surface area contributed by atoms with Gasteiger partial charge in [-0.2, -0.15) is 5.26 Å². The van der Waals surface area contributed by atoms with E-state index in [4.69, 9.17) is 5.26 Å². The molecule has 0 bridgehead atoms. The van der Waals surface area contributed by atoms with Crippen molar-refractivity contribution in [2.45, 2.75) is 18.8 Å². The van der Waals surface area contributed by atoms with Crippen molar-refractivity contribution >= 4 is 27.5 Å². The zero-order valence-electron chi connectivity index (χ0n) is 15.1. The van der Waals surface area contributed by atoms with Crippen LogP contribution >= 0.6 is 15.9 Å². The fourth-order valence-corrected chi connectivity index (χ4v) is 4.19. The van der Waals surface area contributed by atoms with Gasteiger partial charge in [0.1, 0.15) is 0 Å². The van der Waals surface area contributed by atoms with E-state index in [-0.39, 0.29) is 5.92 Å². The number of nitrogens with zero attached hydrogens (tertiary/aromatic N) is 3. The number of anilines is 1. The Morgan fingerprint density at radius 3 is 2.44 bits per heavy atom. The van der Waals surface area contributed by atoms with Crippen molar-refractivity contribution in [3.05, 3.63) is 64.1 Å². The Kier molecular flexibility index (Phi) is 5.18. The number of halogens is 1. The van der Waals surface area contributed by atoms with Gasteiger partial charge in [-0.05, 0) is 60.7 Å². The van der Waals surface area contributed by atoms with E-state index >= 15 is 0 Å². The number of amides is 1. The van der Waals surface area contributed by atoms with Crippen molar-refractivity contribution in [1.82, 2.24) is 4.90 Å². The van der Waals surface area contributed by atoms with E-state index in [1.54, 1.807) is 0 Å². The highest BCUT2D eigenvalue weighted by atomic mass is 79.9. The highest BCUT2D eigenvalue weighted by molar-refractivity contribution is 9.10. The van der Waals surface area contributed by atoms with Crippen LogP contribution in [0.3, 0.4) is 0 Å². The summed E-state index contributed by atoms with van der Waals surface area (Å²) in [5, 5.41) is 8.94. The summed E-state index contributed by atoms with van der Waals surface area (Å²) in [6.45, 7) is 3.38. The first-order chi connectivity index (χ1) is 13.2. The fourth-order valence-electron chi connectivity index (χ4n) is 3.92. The summed E-state index contributed by atoms with van der Waals surface area (Å²) in [6, 6.07) is 18.2. The maximum Gasteiger partial charge on any atom is 0.226 e.